The van der Waals surface area contributed by atoms with Gasteiger partial charge in [-0.3, -0.25) is 10.1 Å². The lowest BCUT2D eigenvalue weighted by Gasteiger charge is -2.29. The molecule has 2 heterocycles. The zero-order valence-corrected chi connectivity index (χ0v) is 13.3. The number of carbonyl (C=O) groups is 1. The van der Waals surface area contributed by atoms with Crippen LogP contribution >= 0.6 is 0 Å². The summed E-state index contributed by atoms with van der Waals surface area (Å²) >= 11 is 0. The summed E-state index contributed by atoms with van der Waals surface area (Å²) in [5.74, 6) is 0.885. The van der Waals surface area contributed by atoms with Gasteiger partial charge >= 0.3 is 0 Å². The summed E-state index contributed by atoms with van der Waals surface area (Å²) in [5.41, 5.74) is 2.59. The van der Waals surface area contributed by atoms with E-state index in [4.69, 9.17) is 9.15 Å². The first-order chi connectivity index (χ1) is 11.3. The zero-order chi connectivity index (χ0) is 16.1. The van der Waals surface area contributed by atoms with Crippen molar-refractivity contribution in [2.24, 2.45) is 0 Å². The van der Waals surface area contributed by atoms with E-state index in [9.17, 15) is 4.79 Å². The van der Waals surface area contributed by atoms with Gasteiger partial charge in [-0.15, -0.1) is 0 Å². The molecule has 0 spiro atoms. The Balaban J connectivity index is 1.57. The number of nitrogens with zero attached hydrogens (tertiary/aromatic N) is 1. The predicted octanol–water partition coefficient (Wildman–Crippen LogP) is 2.14. The summed E-state index contributed by atoms with van der Waals surface area (Å²) in [6, 6.07) is 11.9. The first-order valence-corrected chi connectivity index (χ1v) is 7.88. The number of carbonyl (C=O) groups excluding carboxylic acids is 1. The van der Waals surface area contributed by atoms with Crippen molar-refractivity contribution in [1.29, 1.82) is 0 Å². The van der Waals surface area contributed by atoms with Crippen LogP contribution in [0.15, 0.2) is 47.1 Å². The molecule has 0 aliphatic carbocycles. The summed E-state index contributed by atoms with van der Waals surface area (Å²) in [7, 11) is 1.64. The van der Waals surface area contributed by atoms with Crippen LogP contribution in [0.3, 0.4) is 0 Å². The average Bonchev–Trinajstić information content (AvgIpc) is 3.12. The van der Waals surface area contributed by atoms with Gasteiger partial charge in [0.1, 0.15) is 5.76 Å². The van der Waals surface area contributed by atoms with Gasteiger partial charge in [0.05, 0.1) is 25.5 Å². The van der Waals surface area contributed by atoms with Gasteiger partial charge in [-0.25, -0.2) is 0 Å². The highest BCUT2D eigenvalue weighted by Crippen LogP contribution is 2.19. The smallest absolute Gasteiger partial charge is 0.236 e. The second kappa shape index (κ2) is 7.44. The Morgan fingerprint density at radius 1 is 1.30 bits per heavy atom. The van der Waals surface area contributed by atoms with Gasteiger partial charge in [-0.2, -0.15) is 0 Å². The van der Waals surface area contributed by atoms with Gasteiger partial charge in [-0.05, 0) is 29.7 Å². The molecule has 23 heavy (non-hydrogen) atoms. The number of nitrogens with one attached hydrogen (secondary N) is 1. The third-order valence-corrected chi connectivity index (χ3v) is 4.20. The van der Waals surface area contributed by atoms with Crippen molar-refractivity contribution in [2.45, 2.75) is 19.0 Å². The topological polar surface area (TPSA) is 54.7 Å². The van der Waals surface area contributed by atoms with E-state index in [1.807, 2.05) is 23.1 Å². The van der Waals surface area contributed by atoms with Crippen LogP contribution in [0.1, 0.15) is 22.9 Å². The largest absolute Gasteiger partial charge is 0.468 e. The van der Waals surface area contributed by atoms with Crippen molar-refractivity contribution in [2.75, 3.05) is 26.8 Å². The molecule has 122 valence electrons. The summed E-state index contributed by atoms with van der Waals surface area (Å²) < 4.78 is 10.6. The molecule has 1 aromatic heterocycles. The molecule has 1 atom stereocenters. The van der Waals surface area contributed by atoms with Gasteiger partial charge in [0, 0.05) is 20.2 Å². The maximum absolute atomic E-state index is 12.5. The summed E-state index contributed by atoms with van der Waals surface area (Å²) in [5, 5.41) is 3.23. The highest BCUT2D eigenvalue weighted by atomic mass is 16.5. The summed E-state index contributed by atoms with van der Waals surface area (Å²) in [4.78, 5) is 14.4. The number of ether oxygens (including phenoxy) is 1. The Kier molecular flexibility index (Phi) is 5.10. The molecule has 0 bridgehead atoms. The molecule has 2 aromatic rings. The van der Waals surface area contributed by atoms with Gasteiger partial charge in [0.2, 0.25) is 5.91 Å². The van der Waals surface area contributed by atoms with E-state index in [1.54, 1.807) is 13.4 Å². The van der Waals surface area contributed by atoms with Crippen molar-refractivity contribution in [3.05, 3.63) is 59.5 Å². The molecule has 0 fully saturated rings. The van der Waals surface area contributed by atoms with Crippen LogP contribution < -0.4 is 5.32 Å². The van der Waals surface area contributed by atoms with Gasteiger partial charge in [0.15, 0.2) is 0 Å². The summed E-state index contributed by atoms with van der Waals surface area (Å²) in [6.07, 6.45) is 2.55. The van der Waals surface area contributed by atoms with Crippen molar-refractivity contribution < 1.29 is 13.9 Å². The molecule has 0 saturated heterocycles. The van der Waals surface area contributed by atoms with E-state index < -0.39 is 0 Å². The van der Waals surface area contributed by atoms with Crippen LogP contribution in [0.5, 0.6) is 0 Å². The molecule has 3 rings (SSSR count). The highest BCUT2D eigenvalue weighted by molar-refractivity contribution is 5.78. The Morgan fingerprint density at radius 2 is 2.13 bits per heavy atom. The number of hydrogen-bond acceptors (Lipinski definition) is 4. The van der Waals surface area contributed by atoms with Crippen LogP contribution in [-0.4, -0.2) is 37.6 Å². The van der Waals surface area contributed by atoms with E-state index >= 15 is 0 Å². The third kappa shape index (κ3) is 3.81. The Labute approximate surface area is 136 Å². The molecule has 1 aromatic carbocycles. The number of amides is 1. The number of benzene rings is 1. The number of furan rings is 1. The Hall–Kier alpha value is -2.11. The van der Waals surface area contributed by atoms with Crippen molar-refractivity contribution >= 4 is 5.91 Å². The van der Waals surface area contributed by atoms with Crippen LogP contribution in [0.25, 0.3) is 0 Å². The first kappa shape index (κ1) is 15.8. The monoisotopic (exact) mass is 314 g/mol. The molecule has 1 amide bonds. The van der Waals surface area contributed by atoms with Crippen molar-refractivity contribution in [3.63, 3.8) is 0 Å². The Morgan fingerprint density at radius 3 is 2.87 bits per heavy atom. The fourth-order valence-corrected chi connectivity index (χ4v) is 2.93. The van der Waals surface area contributed by atoms with E-state index in [0.717, 1.165) is 18.7 Å². The molecule has 5 nitrogen and oxygen atoms in total. The van der Waals surface area contributed by atoms with Gasteiger partial charge in [0.25, 0.3) is 0 Å². The molecule has 1 aliphatic heterocycles. The zero-order valence-electron chi connectivity index (χ0n) is 13.3. The molecule has 0 unspecified atom stereocenters. The number of hydrogen-bond donors (Lipinski definition) is 1. The van der Waals surface area contributed by atoms with Crippen LogP contribution in [-0.2, 0) is 22.5 Å². The van der Waals surface area contributed by atoms with E-state index in [2.05, 4.69) is 23.5 Å². The van der Waals surface area contributed by atoms with Crippen LogP contribution in [0.2, 0.25) is 0 Å². The van der Waals surface area contributed by atoms with E-state index in [0.29, 0.717) is 13.2 Å². The average molecular weight is 314 g/mol. The maximum atomic E-state index is 12.5. The third-order valence-electron chi connectivity index (χ3n) is 4.20. The van der Waals surface area contributed by atoms with E-state index in [1.165, 1.54) is 11.1 Å². The molecule has 1 aliphatic rings. The second-order valence-corrected chi connectivity index (χ2v) is 5.74. The normalized spacial score (nSPS) is 15.3. The number of rotatable bonds is 6. The van der Waals surface area contributed by atoms with Gasteiger partial charge < -0.3 is 14.1 Å². The molecule has 0 radical (unpaired) electrons. The maximum Gasteiger partial charge on any atom is 0.236 e. The molecule has 5 heteroatoms. The predicted molar refractivity (Wildman–Crippen MR) is 86.9 cm³/mol. The van der Waals surface area contributed by atoms with E-state index in [-0.39, 0.29) is 18.5 Å². The lowest BCUT2D eigenvalue weighted by atomic mass is 10.00. The highest BCUT2D eigenvalue weighted by Gasteiger charge is 2.22. The first-order valence-electron chi connectivity index (χ1n) is 7.88. The Bertz CT molecular complexity index is 639. The van der Waals surface area contributed by atoms with Crippen LogP contribution in [0, 0.1) is 0 Å². The summed E-state index contributed by atoms with van der Waals surface area (Å²) in [6.45, 7) is 2.19. The van der Waals surface area contributed by atoms with Crippen molar-refractivity contribution in [1.82, 2.24) is 10.2 Å². The standard InChI is InChI=1S/C18H22N2O3/c1-22-13-16(17-7-4-10-23-17)19-11-18(21)20-9-8-14-5-2-3-6-15(14)12-20/h2-7,10,16,19H,8-9,11-13H2,1H3/t16-/m1/s1. The quantitative estimate of drug-likeness (QED) is 0.887. The number of fused-ring (bicyclic) bond motifs is 1. The minimum absolute atomic E-state index is 0.104. The van der Waals surface area contributed by atoms with Crippen molar-refractivity contribution in [3.8, 4) is 0 Å². The number of methoxy groups -OCH3 is 1. The second-order valence-electron chi connectivity index (χ2n) is 5.74. The minimum Gasteiger partial charge on any atom is -0.468 e. The fourth-order valence-electron chi connectivity index (χ4n) is 2.93. The molecular formula is C18H22N2O3. The minimum atomic E-state index is -0.115. The molecule has 0 saturated carbocycles. The lowest BCUT2D eigenvalue weighted by Crippen LogP contribution is -2.42. The van der Waals surface area contributed by atoms with Crippen LogP contribution in [0.4, 0.5) is 0 Å². The SMILES string of the molecule is COC[C@@H](NCC(=O)N1CCc2ccccc2C1)c1ccco1. The lowest BCUT2D eigenvalue weighted by molar-refractivity contribution is -0.131. The molecule has 1 N–H and O–H groups in total. The van der Waals surface area contributed by atoms with Gasteiger partial charge in [-0.1, -0.05) is 24.3 Å². The fraction of sp³-hybridized carbons (Fsp3) is 0.389. The molecular weight excluding hydrogens is 292 g/mol.